The smallest absolute Gasteiger partial charge is 0.182 e. The first-order valence-corrected chi connectivity index (χ1v) is 5.99. The van der Waals surface area contributed by atoms with Crippen LogP contribution in [0.3, 0.4) is 0 Å². The van der Waals surface area contributed by atoms with Crippen LogP contribution in [-0.2, 0) is 0 Å². The molecule has 0 aromatic heterocycles. The van der Waals surface area contributed by atoms with Crippen LogP contribution in [0.4, 0.5) is 0 Å². The van der Waals surface area contributed by atoms with Gasteiger partial charge in [-0.3, -0.25) is 0 Å². The molecule has 1 saturated heterocycles. The Morgan fingerprint density at radius 3 is 2.88 bits per heavy atom. The lowest BCUT2D eigenvalue weighted by molar-refractivity contribution is 0.554. The van der Waals surface area contributed by atoms with Gasteiger partial charge in [0, 0.05) is 0 Å². The Labute approximate surface area is 99.6 Å². The molecule has 1 heterocycles. The lowest BCUT2D eigenvalue weighted by Gasteiger charge is -2.16. The minimum atomic E-state index is 0.574. The summed E-state index contributed by atoms with van der Waals surface area (Å²) in [6.07, 6.45) is 2.17. The molecule has 2 rings (SSSR count). The second kappa shape index (κ2) is 4.88. The summed E-state index contributed by atoms with van der Waals surface area (Å²) in [6, 6.07) is 8.61. The summed E-state index contributed by atoms with van der Waals surface area (Å²) < 4.78 is 0. The average Bonchev–Trinajstić information content (AvgIpc) is 2.75. The second-order valence-corrected chi connectivity index (χ2v) is 4.52. The number of hydrogen-bond acceptors (Lipinski definition) is 1. The van der Waals surface area contributed by atoms with E-state index in [0.717, 1.165) is 25.9 Å². The molecule has 0 saturated carbocycles. The summed E-state index contributed by atoms with van der Waals surface area (Å²) in [4.78, 5) is 1.91. The van der Waals surface area contributed by atoms with Crippen LogP contribution in [0.25, 0.3) is 5.57 Å². The number of rotatable bonds is 3. The summed E-state index contributed by atoms with van der Waals surface area (Å²) in [5.41, 5.74) is 3.97. The Hall–Kier alpha value is -1.02. The van der Waals surface area contributed by atoms with Crippen LogP contribution in [0.1, 0.15) is 36.8 Å². The average molecular weight is 211 g/mol. The van der Waals surface area contributed by atoms with Gasteiger partial charge in [0.15, 0.2) is 7.98 Å². The van der Waals surface area contributed by atoms with E-state index >= 15 is 0 Å². The first-order chi connectivity index (χ1) is 7.72. The minimum absolute atomic E-state index is 0.574. The molecule has 1 aromatic rings. The third-order valence-electron chi connectivity index (χ3n) is 3.43. The third kappa shape index (κ3) is 2.22. The maximum Gasteiger partial charge on any atom is 0.182 e. The summed E-state index contributed by atoms with van der Waals surface area (Å²) in [7, 11) is 5.83. The van der Waals surface area contributed by atoms with Crippen molar-refractivity contribution in [3.8, 4) is 0 Å². The third-order valence-corrected chi connectivity index (χ3v) is 3.43. The Bertz CT molecular complexity index is 386. The monoisotopic (exact) mass is 211 g/mol. The summed E-state index contributed by atoms with van der Waals surface area (Å²) in [6.45, 7) is 8.27. The molecule has 1 nitrogen and oxygen atoms in total. The van der Waals surface area contributed by atoms with Crippen LogP contribution in [0, 0.1) is 0 Å². The van der Waals surface area contributed by atoms with Crippen molar-refractivity contribution in [3.63, 3.8) is 0 Å². The molecule has 0 bridgehead atoms. The van der Waals surface area contributed by atoms with Crippen molar-refractivity contribution in [2.75, 3.05) is 13.1 Å². The van der Waals surface area contributed by atoms with Gasteiger partial charge >= 0.3 is 0 Å². The van der Waals surface area contributed by atoms with Gasteiger partial charge in [-0.05, 0) is 48.5 Å². The lowest BCUT2D eigenvalue weighted by Crippen LogP contribution is -2.15. The molecule has 2 radical (unpaired) electrons. The second-order valence-electron chi connectivity index (χ2n) is 4.52. The number of nitrogens with zero attached hydrogens (tertiary/aromatic N) is 1. The molecule has 1 unspecified atom stereocenters. The van der Waals surface area contributed by atoms with E-state index in [1.165, 1.54) is 16.7 Å². The highest BCUT2D eigenvalue weighted by atomic mass is 15.0. The molecule has 1 aliphatic heterocycles. The van der Waals surface area contributed by atoms with Gasteiger partial charge in [-0.15, -0.1) is 0 Å². The van der Waals surface area contributed by atoms with Gasteiger partial charge in [0.1, 0.15) is 0 Å². The zero-order valence-corrected chi connectivity index (χ0v) is 9.95. The van der Waals surface area contributed by atoms with Crippen LogP contribution >= 0.6 is 0 Å². The van der Waals surface area contributed by atoms with E-state index in [4.69, 9.17) is 7.98 Å². The molecule has 82 valence electrons. The zero-order chi connectivity index (χ0) is 11.5. The standard InChI is InChI=1S/C14H18BN/c1-3-11(2)13-6-4-5-7-14(13)12-8-9-16(15)10-12/h4-7,12H,2-3,8-10H2,1H3. The first kappa shape index (κ1) is 11.5. The van der Waals surface area contributed by atoms with E-state index in [1.807, 2.05) is 4.81 Å². The summed E-state index contributed by atoms with van der Waals surface area (Å²) in [5.74, 6) is 0.574. The molecule has 0 aliphatic carbocycles. The summed E-state index contributed by atoms with van der Waals surface area (Å²) in [5, 5.41) is 0. The zero-order valence-electron chi connectivity index (χ0n) is 9.95. The van der Waals surface area contributed by atoms with E-state index in [9.17, 15) is 0 Å². The largest absolute Gasteiger partial charge is 0.353 e. The van der Waals surface area contributed by atoms with E-state index in [-0.39, 0.29) is 0 Å². The Kier molecular flexibility index (Phi) is 3.50. The van der Waals surface area contributed by atoms with Crippen molar-refractivity contribution in [3.05, 3.63) is 42.0 Å². The van der Waals surface area contributed by atoms with Crippen molar-refractivity contribution in [1.82, 2.24) is 4.81 Å². The SMILES string of the molecule is [B]N1CCC(c2ccccc2C(=C)CC)C1. The van der Waals surface area contributed by atoms with Crippen molar-refractivity contribution in [2.24, 2.45) is 0 Å². The van der Waals surface area contributed by atoms with Crippen molar-refractivity contribution in [1.29, 1.82) is 0 Å². The Balaban J connectivity index is 2.29. The normalized spacial score (nSPS) is 21.2. The van der Waals surface area contributed by atoms with E-state index in [0.29, 0.717) is 5.92 Å². The van der Waals surface area contributed by atoms with E-state index < -0.39 is 0 Å². The number of benzene rings is 1. The highest BCUT2D eigenvalue weighted by Crippen LogP contribution is 2.32. The fourth-order valence-corrected chi connectivity index (χ4v) is 2.41. The van der Waals surface area contributed by atoms with Gasteiger partial charge in [-0.25, -0.2) is 0 Å². The molecular formula is C14H18BN. The minimum Gasteiger partial charge on any atom is -0.353 e. The number of hydrogen-bond donors (Lipinski definition) is 0. The molecular weight excluding hydrogens is 193 g/mol. The predicted octanol–water partition coefficient (Wildman–Crippen LogP) is 2.98. The van der Waals surface area contributed by atoms with Crippen molar-refractivity contribution in [2.45, 2.75) is 25.7 Å². The Morgan fingerprint density at radius 1 is 1.50 bits per heavy atom. The van der Waals surface area contributed by atoms with Crippen LogP contribution < -0.4 is 0 Å². The fourth-order valence-electron chi connectivity index (χ4n) is 2.41. The molecule has 0 spiro atoms. The van der Waals surface area contributed by atoms with E-state index in [2.05, 4.69) is 37.8 Å². The van der Waals surface area contributed by atoms with Crippen LogP contribution in [0.5, 0.6) is 0 Å². The maximum absolute atomic E-state index is 5.83. The van der Waals surface area contributed by atoms with Gasteiger partial charge in [-0.2, -0.15) is 0 Å². The molecule has 1 fully saturated rings. The predicted molar refractivity (Wildman–Crippen MR) is 70.5 cm³/mol. The van der Waals surface area contributed by atoms with Gasteiger partial charge in [0.2, 0.25) is 0 Å². The first-order valence-electron chi connectivity index (χ1n) is 5.99. The van der Waals surface area contributed by atoms with Crippen molar-refractivity contribution < 1.29 is 0 Å². The molecule has 1 aromatic carbocycles. The topological polar surface area (TPSA) is 3.24 Å². The molecule has 0 N–H and O–H groups in total. The molecule has 1 atom stereocenters. The van der Waals surface area contributed by atoms with Gasteiger partial charge < -0.3 is 4.81 Å². The van der Waals surface area contributed by atoms with Crippen LogP contribution in [0.15, 0.2) is 30.8 Å². The highest BCUT2D eigenvalue weighted by Gasteiger charge is 2.22. The fraction of sp³-hybridized carbons (Fsp3) is 0.429. The number of allylic oxidation sites excluding steroid dienone is 1. The van der Waals surface area contributed by atoms with Crippen LogP contribution in [-0.4, -0.2) is 25.9 Å². The van der Waals surface area contributed by atoms with Crippen molar-refractivity contribution >= 4 is 13.6 Å². The lowest BCUT2D eigenvalue weighted by atomic mass is 9.89. The van der Waals surface area contributed by atoms with Crippen LogP contribution in [0.2, 0.25) is 0 Å². The van der Waals surface area contributed by atoms with Gasteiger partial charge in [0.25, 0.3) is 0 Å². The van der Waals surface area contributed by atoms with E-state index in [1.54, 1.807) is 0 Å². The summed E-state index contributed by atoms with van der Waals surface area (Å²) >= 11 is 0. The molecule has 2 heteroatoms. The van der Waals surface area contributed by atoms with Gasteiger partial charge in [-0.1, -0.05) is 37.8 Å². The quantitative estimate of drug-likeness (QED) is 0.694. The molecule has 16 heavy (non-hydrogen) atoms. The van der Waals surface area contributed by atoms with Gasteiger partial charge in [0.05, 0.1) is 0 Å². The Morgan fingerprint density at radius 2 is 2.25 bits per heavy atom. The molecule has 1 aliphatic rings. The molecule has 0 amide bonds. The maximum atomic E-state index is 5.83. The highest BCUT2D eigenvalue weighted by molar-refractivity contribution is 6.04.